The van der Waals surface area contributed by atoms with Gasteiger partial charge >= 0.3 is 0 Å². The second-order valence-electron chi connectivity index (χ2n) is 5.63. The number of hydrogen-bond acceptors (Lipinski definition) is 7. The fraction of sp³-hybridized carbons (Fsp3) is 0.158. The molecular weight excluding hydrogens is 382 g/mol. The molecule has 2 aromatic carbocycles. The fourth-order valence-electron chi connectivity index (χ4n) is 2.52. The number of non-ortho nitro benzene ring substituents is 1. The van der Waals surface area contributed by atoms with E-state index in [9.17, 15) is 14.9 Å². The van der Waals surface area contributed by atoms with Crippen molar-refractivity contribution in [1.29, 1.82) is 0 Å². The summed E-state index contributed by atoms with van der Waals surface area (Å²) in [7, 11) is 1.56. The molecule has 1 amide bonds. The molecule has 0 aliphatic rings. The van der Waals surface area contributed by atoms with Gasteiger partial charge in [-0.25, -0.2) is 5.43 Å². The number of ether oxygens (including phenoxy) is 2. The summed E-state index contributed by atoms with van der Waals surface area (Å²) in [5.74, 6) is 0.812. The van der Waals surface area contributed by atoms with E-state index in [-0.39, 0.29) is 5.69 Å². The predicted octanol–water partition coefficient (Wildman–Crippen LogP) is 3.98. The lowest BCUT2D eigenvalue weighted by atomic mass is 10.2. The number of nitro groups is 1. The Kier molecular flexibility index (Phi) is 5.85. The van der Waals surface area contributed by atoms with Crippen LogP contribution < -0.4 is 14.9 Å². The Balaban J connectivity index is 1.72. The molecule has 3 aromatic rings. The lowest BCUT2D eigenvalue weighted by Crippen LogP contribution is -2.16. The quantitative estimate of drug-likeness (QED) is 0.368. The minimum absolute atomic E-state index is 0.0140. The van der Waals surface area contributed by atoms with Gasteiger partial charge in [0.25, 0.3) is 11.6 Å². The van der Waals surface area contributed by atoms with Crippen LogP contribution in [0.5, 0.6) is 11.5 Å². The second-order valence-corrected chi connectivity index (χ2v) is 6.72. The van der Waals surface area contributed by atoms with Crippen LogP contribution in [-0.4, -0.2) is 30.8 Å². The van der Waals surface area contributed by atoms with Gasteiger partial charge in [0, 0.05) is 22.2 Å². The van der Waals surface area contributed by atoms with E-state index in [1.54, 1.807) is 37.4 Å². The number of nitrogens with one attached hydrogen (secondary N) is 1. The van der Waals surface area contributed by atoms with Crippen molar-refractivity contribution in [3.8, 4) is 11.5 Å². The molecule has 0 radical (unpaired) electrons. The van der Waals surface area contributed by atoms with Gasteiger partial charge in [0.15, 0.2) is 11.5 Å². The Morgan fingerprint density at radius 2 is 2.07 bits per heavy atom. The van der Waals surface area contributed by atoms with Gasteiger partial charge in [-0.1, -0.05) is 0 Å². The average molecular weight is 399 g/mol. The number of hydrazone groups is 1. The number of nitro benzene ring substituents is 1. The number of rotatable bonds is 7. The van der Waals surface area contributed by atoms with Gasteiger partial charge in [-0.2, -0.15) is 5.10 Å². The summed E-state index contributed by atoms with van der Waals surface area (Å²) in [5.41, 5.74) is 3.18. The first-order valence-electron chi connectivity index (χ1n) is 8.34. The number of fused-ring (bicyclic) bond motifs is 1. The normalized spacial score (nSPS) is 10.9. The number of benzene rings is 2. The highest BCUT2D eigenvalue weighted by Crippen LogP contribution is 2.29. The minimum Gasteiger partial charge on any atom is -0.493 e. The number of methoxy groups -OCH3 is 1. The van der Waals surface area contributed by atoms with Crippen molar-refractivity contribution in [1.82, 2.24) is 5.43 Å². The summed E-state index contributed by atoms with van der Waals surface area (Å²) >= 11 is 1.24. The number of amides is 1. The molecule has 0 aliphatic carbocycles. The number of carbonyl (C=O) groups is 1. The third kappa shape index (κ3) is 4.26. The molecule has 28 heavy (non-hydrogen) atoms. The van der Waals surface area contributed by atoms with Crippen molar-refractivity contribution >= 4 is 39.2 Å². The first-order chi connectivity index (χ1) is 13.5. The zero-order valence-electron chi connectivity index (χ0n) is 15.2. The van der Waals surface area contributed by atoms with Gasteiger partial charge < -0.3 is 9.47 Å². The van der Waals surface area contributed by atoms with Crippen LogP contribution in [0.15, 0.2) is 47.6 Å². The first kappa shape index (κ1) is 19.3. The Morgan fingerprint density at radius 1 is 1.25 bits per heavy atom. The fourth-order valence-corrected chi connectivity index (χ4v) is 3.45. The van der Waals surface area contributed by atoms with Crippen LogP contribution in [-0.2, 0) is 0 Å². The molecule has 1 heterocycles. The van der Waals surface area contributed by atoms with Crippen molar-refractivity contribution in [3.05, 3.63) is 63.0 Å². The topological polar surface area (TPSA) is 103 Å². The Labute approximate surface area is 164 Å². The molecular formula is C19H17N3O5S. The third-order valence-electron chi connectivity index (χ3n) is 3.80. The van der Waals surface area contributed by atoms with Crippen molar-refractivity contribution in [2.45, 2.75) is 6.92 Å². The summed E-state index contributed by atoms with van der Waals surface area (Å²) in [6, 6.07) is 11.4. The molecule has 1 aromatic heterocycles. The van der Waals surface area contributed by atoms with Gasteiger partial charge in [0.1, 0.15) is 0 Å². The molecule has 3 rings (SSSR count). The molecule has 144 valence electrons. The maximum atomic E-state index is 12.3. The van der Waals surface area contributed by atoms with Gasteiger partial charge in [-0.15, -0.1) is 11.3 Å². The van der Waals surface area contributed by atoms with E-state index in [0.717, 1.165) is 10.3 Å². The smallest absolute Gasteiger partial charge is 0.281 e. The Hall–Kier alpha value is -3.46. The van der Waals surface area contributed by atoms with E-state index in [0.29, 0.717) is 28.4 Å². The summed E-state index contributed by atoms with van der Waals surface area (Å²) in [5, 5.41) is 15.5. The van der Waals surface area contributed by atoms with E-state index in [1.807, 2.05) is 6.92 Å². The van der Waals surface area contributed by atoms with Crippen molar-refractivity contribution in [2.24, 2.45) is 5.10 Å². The highest BCUT2D eigenvalue weighted by atomic mass is 32.1. The average Bonchev–Trinajstić information content (AvgIpc) is 3.12. The van der Waals surface area contributed by atoms with E-state index in [2.05, 4.69) is 10.5 Å². The maximum absolute atomic E-state index is 12.3. The molecule has 1 N–H and O–H groups in total. The van der Waals surface area contributed by atoms with Gasteiger partial charge in [0.05, 0.1) is 29.7 Å². The highest BCUT2D eigenvalue weighted by molar-refractivity contribution is 7.20. The van der Waals surface area contributed by atoms with Gasteiger partial charge in [0.2, 0.25) is 0 Å². The van der Waals surface area contributed by atoms with Crippen molar-refractivity contribution < 1.29 is 19.2 Å². The van der Waals surface area contributed by atoms with E-state index >= 15 is 0 Å². The van der Waals surface area contributed by atoms with E-state index < -0.39 is 10.8 Å². The third-order valence-corrected chi connectivity index (χ3v) is 4.92. The number of thiophene rings is 1. The summed E-state index contributed by atoms with van der Waals surface area (Å²) in [6.45, 7) is 2.37. The Morgan fingerprint density at radius 3 is 2.79 bits per heavy atom. The van der Waals surface area contributed by atoms with Gasteiger partial charge in [-0.05, 0) is 42.8 Å². The summed E-state index contributed by atoms with van der Waals surface area (Å²) < 4.78 is 11.5. The molecule has 0 aliphatic heterocycles. The summed E-state index contributed by atoms with van der Waals surface area (Å²) in [6.07, 6.45) is 1.50. The maximum Gasteiger partial charge on any atom is 0.281 e. The molecule has 0 atom stereocenters. The zero-order valence-corrected chi connectivity index (χ0v) is 16.0. The SMILES string of the molecule is CCOc1cc(/C=N\NC(=O)c2cc3cc([N+](=O)[O-])ccc3s2)ccc1OC. The van der Waals surface area contributed by atoms with Crippen molar-refractivity contribution in [2.75, 3.05) is 13.7 Å². The zero-order chi connectivity index (χ0) is 20.1. The second kappa shape index (κ2) is 8.49. The number of carbonyl (C=O) groups excluding carboxylic acids is 1. The standard InChI is InChI=1S/C19H17N3O5S/c1-3-27-16-8-12(4-6-15(16)26-2)11-20-21-19(23)18-10-13-9-14(22(24)25)5-7-17(13)28-18/h4-11H,3H2,1-2H3,(H,21,23)/b20-11-. The lowest BCUT2D eigenvalue weighted by Gasteiger charge is -2.09. The Bertz CT molecular complexity index is 1060. The molecule has 8 nitrogen and oxygen atoms in total. The van der Waals surface area contributed by atoms with Crippen LogP contribution in [0.2, 0.25) is 0 Å². The largest absolute Gasteiger partial charge is 0.493 e. The monoisotopic (exact) mass is 399 g/mol. The van der Waals surface area contributed by atoms with Crippen LogP contribution in [0.3, 0.4) is 0 Å². The molecule has 0 saturated carbocycles. The van der Waals surface area contributed by atoms with Crippen LogP contribution >= 0.6 is 11.3 Å². The summed E-state index contributed by atoms with van der Waals surface area (Å²) in [4.78, 5) is 23.1. The minimum atomic E-state index is -0.466. The highest BCUT2D eigenvalue weighted by Gasteiger charge is 2.13. The molecule has 0 bridgehead atoms. The van der Waals surface area contributed by atoms with Crippen LogP contribution in [0, 0.1) is 10.1 Å². The molecule has 0 unspecified atom stereocenters. The first-order valence-corrected chi connectivity index (χ1v) is 9.15. The van der Waals surface area contributed by atoms with Crippen molar-refractivity contribution in [3.63, 3.8) is 0 Å². The van der Waals surface area contributed by atoms with E-state index in [4.69, 9.17) is 9.47 Å². The number of hydrogen-bond donors (Lipinski definition) is 1. The molecule has 0 saturated heterocycles. The predicted molar refractivity (Wildman–Crippen MR) is 108 cm³/mol. The van der Waals surface area contributed by atoms with Gasteiger partial charge in [-0.3, -0.25) is 14.9 Å². The number of nitrogens with zero attached hydrogens (tertiary/aromatic N) is 2. The molecule has 9 heteroatoms. The molecule has 0 spiro atoms. The lowest BCUT2D eigenvalue weighted by molar-refractivity contribution is -0.384. The van der Waals surface area contributed by atoms with Crippen LogP contribution in [0.4, 0.5) is 5.69 Å². The van der Waals surface area contributed by atoms with E-state index in [1.165, 1.54) is 29.7 Å². The molecule has 0 fully saturated rings. The van der Waals surface area contributed by atoms with Crippen LogP contribution in [0.1, 0.15) is 22.2 Å². The van der Waals surface area contributed by atoms with Crippen LogP contribution in [0.25, 0.3) is 10.1 Å².